The average Bonchev–Trinajstić information content (AvgIpc) is 2.66. The zero-order valence-corrected chi connectivity index (χ0v) is 12.9. The van der Waals surface area contributed by atoms with Crippen LogP contribution in [0.25, 0.3) is 0 Å². The molecule has 0 aliphatic carbocycles. The van der Waals surface area contributed by atoms with E-state index < -0.39 is 0 Å². The number of para-hydroxylation sites is 1. The smallest absolute Gasteiger partial charge is 0.0843 e. The van der Waals surface area contributed by atoms with Gasteiger partial charge >= 0.3 is 0 Å². The minimum atomic E-state index is 0.0566. The number of anilines is 1. The van der Waals surface area contributed by atoms with Crippen LogP contribution in [-0.2, 0) is 13.2 Å². The van der Waals surface area contributed by atoms with E-state index in [1.807, 2.05) is 24.3 Å². The molecule has 1 aromatic carbocycles. The largest absolute Gasteiger partial charge is 0.392 e. The number of thiophene rings is 1. The highest BCUT2D eigenvalue weighted by atomic mass is 79.9. The standard InChI is InChI=1S/C12H11Br2NOS/c13-10-5-9(17-12(10)14)6-15-11-4-2-1-3-8(11)7-16/h1-5,15-16H,6-7H2. The Morgan fingerprint density at radius 2 is 2.00 bits per heavy atom. The molecule has 0 amide bonds. The highest BCUT2D eigenvalue weighted by molar-refractivity contribution is 9.13. The van der Waals surface area contributed by atoms with E-state index in [1.165, 1.54) is 4.88 Å². The van der Waals surface area contributed by atoms with Gasteiger partial charge in [0.05, 0.1) is 10.4 Å². The molecule has 0 saturated heterocycles. The van der Waals surface area contributed by atoms with Crippen molar-refractivity contribution in [3.8, 4) is 0 Å². The number of hydrogen-bond acceptors (Lipinski definition) is 3. The molecule has 1 heterocycles. The molecule has 17 heavy (non-hydrogen) atoms. The van der Waals surface area contributed by atoms with E-state index in [0.29, 0.717) is 0 Å². The average molecular weight is 377 g/mol. The van der Waals surface area contributed by atoms with Crippen molar-refractivity contribution in [3.63, 3.8) is 0 Å². The van der Waals surface area contributed by atoms with Crippen molar-refractivity contribution in [1.29, 1.82) is 0 Å². The molecular formula is C12H11Br2NOS. The molecule has 5 heteroatoms. The normalized spacial score (nSPS) is 10.5. The van der Waals surface area contributed by atoms with Crippen LogP contribution in [0.4, 0.5) is 5.69 Å². The SMILES string of the molecule is OCc1ccccc1NCc1cc(Br)c(Br)s1. The van der Waals surface area contributed by atoms with Crippen LogP contribution in [-0.4, -0.2) is 5.11 Å². The number of rotatable bonds is 4. The first-order valence-electron chi connectivity index (χ1n) is 5.07. The molecule has 0 spiro atoms. The summed E-state index contributed by atoms with van der Waals surface area (Å²) in [7, 11) is 0. The van der Waals surface area contributed by atoms with Crippen LogP contribution in [0.15, 0.2) is 38.6 Å². The molecule has 0 saturated carbocycles. The van der Waals surface area contributed by atoms with Gasteiger partial charge in [0.2, 0.25) is 0 Å². The Morgan fingerprint density at radius 3 is 2.65 bits per heavy atom. The van der Waals surface area contributed by atoms with Crippen molar-refractivity contribution < 1.29 is 5.11 Å². The summed E-state index contributed by atoms with van der Waals surface area (Å²) in [4.78, 5) is 1.23. The Hall–Kier alpha value is -0.360. The number of hydrogen-bond donors (Lipinski definition) is 2. The second kappa shape index (κ2) is 6.00. The molecule has 2 rings (SSSR count). The minimum Gasteiger partial charge on any atom is -0.392 e. The summed E-state index contributed by atoms with van der Waals surface area (Å²) in [6.07, 6.45) is 0. The van der Waals surface area contributed by atoms with Gasteiger partial charge in [0, 0.05) is 27.1 Å². The zero-order valence-electron chi connectivity index (χ0n) is 8.91. The summed E-state index contributed by atoms with van der Waals surface area (Å²) in [5.74, 6) is 0. The van der Waals surface area contributed by atoms with Crippen molar-refractivity contribution in [3.05, 3.63) is 49.0 Å². The molecule has 2 aromatic rings. The monoisotopic (exact) mass is 375 g/mol. The Morgan fingerprint density at radius 1 is 1.24 bits per heavy atom. The van der Waals surface area contributed by atoms with Crippen LogP contribution in [0.3, 0.4) is 0 Å². The first kappa shape index (κ1) is 13.1. The Balaban J connectivity index is 2.07. The van der Waals surface area contributed by atoms with E-state index in [4.69, 9.17) is 0 Å². The molecule has 0 bridgehead atoms. The lowest BCUT2D eigenvalue weighted by molar-refractivity contribution is 0.282. The molecule has 2 nitrogen and oxygen atoms in total. The fourth-order valence-corrected chi connectivity index (χ4v) is 3.61. The summed E-state index contributed by atoms with van der Waals surface area (Å²) in [5.41, 5.74) is 1.90. The van der Waals surface area contributed by atoms with E-state index in [2.05, 4.69) is 43.2 Å². The second-order valence-electron chi connectivity index (χ2n) is 3.50. The number of benzene rings is 1. The Bertz CT molecular complexity index is 493. The third-order valence-electron chi connectivity index (χ3n) is 2.34. The predicted octanol–water partition coefficient (Wildman–Crippen LogP) is 4.38. The van der Waals surface area contributed by atoms with Crippen molar-refractivity contribution >= 4 is 48.9 Å². The molecular weight excluding hydrogens is 366 g/mol. The highest BCUT2D eigenvalue weighted by Crippen LogP contribution is 2.32. The maximum atomic E-state index is 9.21. The lowest BCUT2D eigenvalue weighted by Crippen LogP contribution is -2.00. The first-order valence-corrected chi connectivity index (χ1v) is 7.47. The summed E-state index contributed by atoms with van der Waals surface area (Å²) < 4.78 is 2.18. The van der Waals surface area contributed by atoms with Gasteiger partial charge in [0.15, 0.2) is 0 Å². The van der Waals surface area contributed by atoms with Gasteiger partial charge in [-0.15, -0.1) is 11.3 Å². The van der Waals surface area contributed by atoms with Gasteiger partial charge in [-0.05, 0) is 44.0 Å². The summed E-state index contributed by atoms with van der Waals surface area (Å²) in [6.45, 7) is 0.812. The minimum absolute atomic E-state index is 0.0566. The van der Waals surface area contributed by atoms with Gasteiger partial charge in [-0.2, -0.15) is 0 Å². The number of halogens is 2. The van der Waals surface area contributed by atoms with E-state index in [9.17, 15) is 5.11 Å². The van der Waals surface area contributed by atoms with Crippen molar-refractivity contribution in [2.45, 2.75) is 13.2 Å². The second-order valence-corrected chi connectivity index (χ2v) is 6.81. The fourth-order valence-electron chi connectivity index (χ4n) is 1.49. The number of nitrogens with one attached hydrogen (secondary N) is 1. The van der Waals surface area contributed by atoms with Crippen LogP contribution < -0.4 is 5.32 Å². The highest BCUT2D eigenvalue weighted by Gasteiger charge is 2.05. The van der Waals surface area contributed by atoms with Gasteiger partial charge in [0.1, 0.15) is 0 Å². The predicted molar refractivity (Wildman–Crippen MR) is 79.4 cm³/mol. The van der Waals surface area contributed by atoms with Gasteiger partial charge in [-0.3, -0.25) is 0 Å². The van der Waals surface area contributed by atoms with Crippen LogP contribution in [0, 0.1) is 0 Å². The molecule has 0 atom stereocenters. The van der Waals surface area contributed by atoms with Gasteiger partial charge in [0.25, 0.3) is 0 Å². The van der Waals surface area contributed by atoms with Gasteiger partial charge < -0.3 is 10.4 Å². The van der Waals surface area contributed by atoms with Gasteiger partial charge in [-0.25, -0.2) is 0 Å². The molecule has 0 aliphatic rings. The number of aliphatic hydroxyl groups excluding tert-OH is 1. The van der Waals surface area contributed by atoms with Crippen molar-refractivity contribution in [2.75, 3.05) is 5.32 Å². The van der Waals surface area contributed by atoms with E-state index >= 15 is 0 Å². The summed E-state index contributed by atoms with van der Waals surface area (Å²) in [6, 6.07) is 9.87. The third-order valence-corrected chi connectivity index (χ3v) is 5.59. The van der Waals surface area contributed by atoms with E-state index in [1.54, 1.807) is 11.3 Å². The van der Waals surface area contributed by atoms with Crippen LogP contribution in [0.5, 0.6) is 0 Å². The first-order chi connectivity index (χ1) is 8.20. The number of aliphatic hydroxyl groups is 1. The zero-order chi connectivity index (χ0) is 12.3. The molecule has 0 fully saturated rings. The van der Waals surface area contributed by atoms with E-state index in [0.717, 1.165) is 26.1 Å². The quantitative estimate of drug-likeness (QED) is 0.829. The van der Waals surface area contributed by atoms with Crippen LogP contribution in [0.1, 0.15) is 10.4 Å². The van der Waals surface area contributed by atoms with Crippen LogP contribution in [0.2, 0.25) is 0 Å². The van der Waals surface area contributed by atoms with Gasteiger partial charge in [-0.1, -0.05) is 18.2 Å². The maximum absolute atomic E-state index is 9.21. The molecule has 1 aromatic heterocycles. The topological polar surface area (TPSA) is 32.3 Å². The molecule has 90 valence electrons. The molecule has 2 N–H and O–H groups in total. The van der Waals surface area contributed by atoms with Crippen molar-refractivity contribution in [2.24, 2.45) is 0 Å². The third kappa shape index (κ3) is 3.31. The summed E-state index contributed by atoms with van der Waals surface area (Å²) in [5, 5.41) is 12.5. The van der Waals surface area contributed by atoms with Crippen LogP contribution >= 0.6 is 43.2 Å². The van der Waals surface area contributed by atoms with E-state index in [-0.39, 0.29) is 6.61 Å². The lowest BCUT2D eigenvalue weighted by atomic mass is 10.2. The van der Waals surface area contributed by atoms with Crippen molar-refractivity contribution in [1.82, 2.24) is 0 Å². The molecule has 0 aliphatic heterocycles. The molecule has 0 radical (unpaired) electrons. The summed E-state index contributed by atoms with van der Waals surface area (Å²) >= 11 is 8.63. The maximum Gasteiger partial charge on any atom is 0.0843 e. The lowest BCUT2D eigenvalue weighted by Gasteiger charge is -2.08. The Labute approximate surface area is 121 Å². The fraction of sp³-hybridized carbons (Fsp3) is 0.167. The Kier molecular flexibility index (Phi) is 4.62. The molecule has 0 unspecified atom stereocenters.